The predicted molar refractivity (Wildman–Crippen MR) is 58.3 cm³/mol. The first kappa shape index (κ1) is 10.4. The van der Waals surface area contributed by atoms with Gasteiger partial charge < -0.3 is 5.73 Å². The van der Waals surface area contributed by atoms with Crippen LogP contribution >= 0.6 is 0 Å². The van der Waals surface area contributed by atoms with E-state index in [1.807, 2.05) is 0 Å². The fourth-order valence-electron chi connectivity index (χ4n) is 1.44. The van der Waals surface area contributed by atoms with E-state index in [2.05, 4.69) is 32.9 Å². The van der Waals surface area contributed by atoms with Crippen LogP contribution in [-0.2, 0) is 0 Å². The minimum atomic E-state index is 0.452. The van der Waals surface area contributed by atoms with Gasteiger partial charge in [0.1, 0.15) is 0 Å². The Hall–Kier alpha value is -0.720. The Morgan fingerprint density at radius 3 is 2.38 bits per heavy atom. The maximum Gasteiger partial charge on any atom is 0.00836 e. The molecule has 1 aliphatic rings. The van der Waals surface area contributed by atoms with E-state index in [1.54, 1.807) is 5.57 Å². The molecule has 0 amide bonds. The van der Waals surface area contributed by atoms with E-state index in [0.717, 1.165) is 12.1 Å². The summed E-state index contributed by atoms with van der Waals surface area (Å²) in [6, 6.07) is 0. The van der Waals surface area contributed by atoms with Gasteiger partial charge in [0.25, 0.3) is 0 Å². The molecule has 0 saturated carbocycles. The lowest BCUT2D eigenvalue weighted by molar-refractivity contribution is 0.375. The van der Waals surface area contributed by atoms with Crippen molar-refractivity contribution in [3.63, 3.8) is 0 Å². The van der Waals surface area contributed by atoms with Gasteiger partial charge in [-0.1, -0.05) is 32.4 Å². The average Bonchev–Trinajstić information content (AvgIpc) is 2.02. The zero-order valence-electron chi connectivity index (χ0n) is 9.06. The summed E-state index contributed by atoms with van der Waals surface area (Å²) in [7, 11) is 0. The average molecular weight is 179 g/mol. The molecule has 0 aromatic rings. The molecule has 0 aromatic heterocycles. The van der Waals surface area contributed by atoms with E-state index in [0.29, 0.717) is 5.41 Å². The highest BCUT2D eigenvalue weighted by Gasteiger charge is 2.11. The minimum absolute atomic E-state index is 0.452. The third kappa shape index (κ3) is 4.16. The topological polar surface area (TPSA) is 26.0 Å². The molecule has 0 aromatic carbocycles. The van der Waals surface area contributed by atoms with Gasteiger partial charge in [0, 0.05) is 5.70 Å². The van der Waals surface area contributed by atoms with Gasteiger partial charge in [-0.05, 0) is 37.2 Å². The molecular weight excluding hydrogens is 158 g/mol. The van der Waals surface area contributed by atoms with Crippen LogP contribution in [0.3, 0.4) is 0 Å². The fourth-order valence-corrected chi connectivity index (χ4v) is 1.44. The first-order chi connectivity index (χ1) is 5.97. The van der Waals surface area contributed by atoms with Crippen molar-refractivity contribution in [1.82, 2.24) is 0 Å². The Kier molecular flexibility index (Phi) is 3.18. The lowest BCUT2D eigenvalue weighted by atomic mass is 9.86. The van der Waals surface area contributed by atoms with Gasteiger partial charge in [-0.25, -0.2) is 0 Å². The molecule has 0 heterocycles. The van der Waals surface area contributed by atoms with E-state index < -0.39 is 0 Å². The highest BCUT2D eigenvalue weighted by atomic mass is 14.6. The second-order valence-corrected chi connectivity index (χ2v) is 5.13. The lowest BCUT2D eigenvalue weighted by Gasteiger charge is -2.20. The number of hydrogen-bond donors (Lipinski definition) is 1. The maximum atomic E-state index is 5.70. The molecule has 0 saturated heterocycles. The van der Waals surface area contributed by atoms with Gasteiger partial charge in [-0.15, -0.1) is 0 Å². The van der Waals surface area contributed by atoms with E-state index >= 15 is 0 Å². The summed E-state index contributed by atoms with van der Waals surface area (Å²) in [5, 5.41) is 0. The molecule has 1 nitrogen and oxygen atoms in total. The summed E-state index contributed by atoms with van der Waals surface area (Å²) >= 11 is 0. The molecule has 0 aliphatic heterocycles. The largest absolute Gasteiger partial charge is 0.402 e. The van der Waals surface area contributed by atoms with Crippen LogP contribution in [0, 0.1) is 5.41 Å². The SMILES string of the molecule is CC(C)(C)CCC1=CC=C(N)CC1. The van der Waals surface area contributed by atoms with Crippen LogP contribution in [0.1, 0.15) is 46.5 Å². The first-order valence-corrected chi connectivity index (χ1v) is 5.11. The molecule has 1 rings (SSSR count). The number of allylic oxidation sites excluding steroid dienone is 4. The van der Waals surface area contributed by atoms with Gasteiger partial charge in [-0.3, -0.25) is 0 Å². The first-order valence-electron chi connectivity index (χ1n) is 5.11. The maximum absolute atomic E-state index is 5.70. The molecule has 1 aliphatic carbocycles. The monoisotopic (exact) mass is 179 g/mol. The van der Waals surface area contributed by atoms with Crippen molar-refractivity contribution in [2.24, 2.45) is 11.1 Å². The highest BCUT2D eigenvalue weighted by molar-refractivity contribution is 5.22. The normalized spacial score (nSPS) is 18.1. The van der Waals surface area contributed by atoms with Gasteiger partial charge in [0.2, 0.25) is 0 Å². The number of rotatable bonds is 2. The van der Waals surface area contributed by atoms with Crippen molar-refractivity contribution >= 4 is 0 Å². The summed E-state index contributed by atoms with van der Waals surface area (Å²) in [4.78, 5) is 0. The van der Waals surface area contributed by atoms with Crippen LogP contribution in [0.4, 0.5) is 0 Å². The number of hydrogen-bond acceptors (Lipinski definition) is 1. The lowest BCUT2D eigenvalue weighted by Crippen LogP contribution is -2.07. The van der Waals surface area contributed by atoms with Crippen LogP contribution < -0.4 is 5.73 Å². The Morgan fingerprint density at radius 2 is 1.92 bits per heavy atom. The summed E-state index contributed by atoms with van der Waals surface area (Å²) < 4.78 is 0. The van der Waals surface area contributed by atoms with Gasteiger partial charge in [0.15, 0.2) is 0 Å². The Morgan fingerprint density at radius 1 is 1.23 bits per heavy atom. The van der Waals surface area contributed by atoms with Gasteiger partial charge in [-0.2, -0.15) is 0 Å². The number of nitrogens with two attached hydrogens (primary N) is 1. The van der Waals surface area contributed by atoms with E-state index in [-0.39, 0.29) is 0 Å². The molecule has 0 bridgehead atoms. The molecule has 1 heteroatoms. The molecular formula is C12H21N. The molecule has 0 atom stereocenters. The molecule has 74 valence electrons. The Labute approximate surface area is 81.7 Å². The second-order valence-electron chi connectivity index (χ2n) is 5.13. The van der Waals surface area contributed by atoms with Crippen molar-refractivity contribution < 1.29 is 0 Å². The third-order valence-electron chi connectivity index (χ3n) is 2.46. The van der Waals surface area contributed by atoms with Crippen molar-refractivity contribution in [1.29, 1.82) is 0 Å². The Balaban J connectivity index is 2.39. The molecule has 0 spiro atoms. The second kappa shape index (κ2) is 3.99. The van der Waals surface area contributed by atoms with E-state index in [9.17, 15) is 0 Å². The summed E-state index contributed by atoms with van der Waals surface area (Å²) in [6.07, 6.45) is 8.97. The Bertz CT molecular complexity index is 228. The quantitative estimate of drug-likeness (QED) is 0.691. The van der Waals surface area contributed by atoms with Crippen LogP contribution in [0.25, 0.3) is 0 Å². The fraction of sp³-hybridized carbons (Fsp3) is 0.667. The van der Waals surface area contributed by atoms with Gasteiger partial charge >= 0.3 is 0 Å². The zero-order valence-corrected chi connectivity index (χ0v) is 9.06. The molecule has 0 fully saturated rings. The molecule has 0 radical (unpaired) electrons. The predicted octanol–water partition coefficient (Wildman–Crippen LogP) is 3.38. The van der Waals surface area contributed by atoms with Crippen molar-refractivity contribution in [2.45, 2.75) is 46.5 Å². The van der Waals surface area contributed by atoms with Crippen LogP contribution in [0.2, 0.25) is 0 Å². The molecule has 13 heavy (non-hydrogen) atoms. The highest BCUT2D eigenvalue weighted by Crippen LogP contribution is 2.27. The van der Waals surface area contributed by atoms with Crippen molar-refractivity contribution in [2.75, 3.05) is 0 Å². The van der Waals surface area contributed by atoms with Crippen LogP contribution in [0.5, 0.6) is 0 Å². The summed E-state index contributed by atoms with van der Waals surface area (Å²) in [5.74, 6) is 0. The van der Waals surface area contributed by atoms with Crippen molar-refractivity contribution in [3.05, 3.63) is 23.4 Å². The third-order valence-corrected chi connectivity index (χ3v) is 2.46. The molecule has 2 N–H and O–H groups in total. The zero-order chi connectivity index (χ0) is 9.90. The summed E-state index contributed by atoms with van der Waals surface area (Å²) in [5.41, 5.74) is 8.73. The van der Waals surface area contributed by atoms with E-state index in [4.69, 9.17) is 5.73 Å². The van der Waals surface area contributed by atoms with Gasteiger partial charge in [0.05, 0.1) is 0 Å². The van der Waals surface area contributed by atoms with Crippen LogP contribution in [-0.4, -0.2) is 0 Å². The van der Waals surface area contributed by atoms with Crippen LogP contribution in [0.15, 0.2) is 23.4 Å². The van der Waals surface area contributed by atoms with E-state index in [1.165, 1.54) is 19.3 Å². The summed E-state index contributed by atoms with van der Waals surface area (Å²) in [6.45, 7) is 6.88. The smallest absolute Gasteiger partial charge is 0.00836 e. The molecule has 0 unspecified atom stereocenters. The standard InChI is InChI=1S/C12H21N/c1-12(2,3)9-8-10-4-6-11(13)7-5-10/h4,6H,5,7-9,13H2,1-3H3. The minimum Gasteiger partial charge on any atom is -0.402 e. The van der Waals surface area contributed by atoms with Crippen molar-refractivity contribution in [3.8, 4) is 0 Å².